The highest BCUT2D eigenvalue weighted by Crippen LogP contribution is 2.17. The van der Waals surface area contributed by atoms with E-state index in [4.69, 9.17) is 16.3 Å². The summed E-state index contributed by atoms with van der Waals surface area (Å²) < 4.78 is 6.23. The van der Waals surface area contributed by atoms with Crippen LogP contribution in [-0.2, 0) is 6.54 Å². The number of nitrogens with zero attached hydrogens (tertiary/aromatic N) is 3. The lowest BCUT2D eigenvalue weighted by Crippen LogP contribution is -2.24. The minimum Gasteiger partial charge on any atom is -0.493 e. The summed E-state index contributed by atoms with van der Waals surface area (Å²) in [6.07, 6.45) is 2.95. The molecule has 1 aromatic carbocycles. The van der Waals surface area contributed by atoms with E-state index in [1.54, 1.807) is 6.07 Å². The van der Waals surface area contributed by atoms with Gasteiger partial charge in [0.25, 0.3) is 11.1 Å². The van der Waals surface area contributed by atoms with E-state index in [1.165, 1.54) is 30.3 Å². The Hall–Kier alpha value is -2.93. The van der Waals surface area contributed by atoms with Crippen molar-refractivity contribution in [3.8, 4) is 5.75 Å². The molecule has 1 N–H and O–H groups in total. The lowest BCUT2D eigenvalue weighted by Gasteiger charge is -2.07. The van der Waals surface area contributed by atoms with Crippen molar-refractivity contribution in [2.24, 2.45) is 0 Å². The third kappa shape index (κ3) is 4.79. The highest BCUT2D eigenvalue weighted by Gasteiger charge is 2.09. The van der Waals surface area contributed by atoms with Crippen LogP contribution in [0.15, 0.2) is 64.4 Å². The van der Waals surface area contributed by atoms with Gasteiger partial charge in [-0.05, 0) is 11.6 Å². The van der Waals surface area contributed by atoms with E-state index in [9.17, 15) is 9.59 Å². The number of nitrogens with one attached hydrogen (secondary N) is 1. The molecule has 0 aliphatic carbocycles. The summed E-state index contributed by atoms with van der Waals surface area (Å²) in [5.74, 6) is 0.293. The zero-order valence-electron chi connectivity index (χ0n) is 12.8. The zero-order valence-corrected chi connectivity index (χ0v) is 13.6. The second kappa shape index (κ2) is 8.64. The number of ether oxygens (including phenoxy) is 1. The molecule has 0 saturated carbocycles. The van der Waals surface area contributed by atoms with Crippen LogP contribution in [0.3, 0.4) is 0 Å². The average Bonchev–Trinajstić information content (AvgIpc) is 2.61. The molecule has 8 heteroatoms. The van der Waals surface area contributed by atoms with Gasteiger partial charge in [0.15, 0.2) is 10.8 Å². The second-order valence-corrected chi connectivity index (χ2v) is 4.97. The first kappa shape index (κ1) is 17.4. The Labute approximate surface area is 142 Å². The summed E-state index contributed by atoms with van der Waals surface area (Å²) in [7, 11) is 1.45. The molecule has 0 aliphatic heterocycles. The average molecular weight is 347 g/mol. The third-order valence-electron chi connectivity index (χ3n) is 2.93. The van der Waals surface area contributed by atoms with Gasteiger partial charge in [0.1, 0.15) is 0 Å². The first-order valence-corrected chi connectivity index (χ1v) is 7.33. The molecule has 3 rings (SSSR count). The van der Waals surface area contributed by atoms with Crippen molar-refractivity contribution in [2.45, 2.75) is 6.54 Å². The molecule has 0 saturated heterocycles. The number of benzene rings is 1. The number of aromatic nitrogens is 4. The minimum atomic E-state index is -0.352. The van der Waals surface area contributed by atoms with Crippen LogP contribution in [0.1, 0.15) is 5.56 Å². The van der Waals surface area contributed by atoms with Crippen molar-refractivity contribution in [2.75, 3.05) is 7.11 Å². The molecule has 124 valence electrons. The van der Waals surface area contributed by atoms with Crippen LogP contribution in [0.4, 0.5) is 0 Å². The Morgan fingerprint density at radius 1 is 1.17 bits per heavy atom. The van der Waals surface area contributed by atoms with E-state index in [2.05, 4.69) is 15.3 Å². The van der Waals surface area contributed by atoms with Gasteiger partial charge in [-0.3, -0.25) is 9.59 Å². The van der Waals surface area contributed by atoms with Crippen molar-refractivity contribution < 1.29 is 4.74 Å². The Morgan fingerprint density at radius 3 is 2.46 bits per heavy atom. The molecule has 0 fully saturated rings. The molecule has 0 bridgehead atoms. The van der Waals surface area contributed by atoms with Crippen molar-refractivity contribution >= 4 is 11.6 Å². The molecule has 0 spiro atoms. The molecular formula is C16H15ClN4O3. The maximum Gasteiger partial charge on any atom is 0.289 e. The van der Waals surface area contributed by atoms with Crippen LogP contribution in [0.2, 0.25) is 5.02 Å². The topological polar surface area (TPSA) is 89.9 Å². The molecule has 0 amide bonds. The van der Waals surface area contributed by atoms with E-state index in [0.717, 1.165) is 5.56 Å². The summed E-state index contributed by atoms with van der Waals surface area (Å²) in [5, 5.41) is 9.73. The summed E-state index contributed by atoms with van der Waals surface area (Å²) in [5.41, 5.74) is 0.473. The van der Waals surface area contributed by atoms with Gasteiger partial charge in [-0.1, -0.05) is 41.9 Å². The number of aromatic amines is 1. The van der Waals surface area contributed by atoms with E-state index in [-0.39, 0.29) is 16.1 Å². The fourth-order valence-corrected chi connectivity index (χ4v) is 2.00. The Bertz CT molecular complexity index is 876. The monoisotopic (exact) mass is 346 g/mol. The van der Waals surface area contributed by atoms with E-state index < -0.39 is 0 Å². The van der Waals surface area contributed by atoms with Gasteiger partial charge in [0, 0.05) is 12.3 Å². The lowest BCUT2D eigenvalue weighted by molar-refractivity contribution is 0.407. The molecule has 0 atom stereocenters. The number of rotatable bonds is 3. The molecule has 2 heterocycles. The second-order valence-electron chi connectivity index (χ2n) is 4.59. The Kier molecular flexibility index (Phi) is 6.27. The SMILES string of the molecule is COc1cnn(Cc2ccccc2)c(=O)c1Cl.O=c1cccn[nH]1. The van der Waals surface area contributed by atoms with Gasteiger partial charge < -0.3 is 4.74 Å². The number of hydrogen-bond donors (Lipinski definition) is 1. The Morgan fingerprint density at radius 2 is 1.92 bits per heavy atom. The van der Waals surface area contributed by atoms with Crippen LogP contribution in [0, 0.1) is 0 Å². The largest absolute Gasteiger partial charge is 0.493 e. The van der Waals surface area contributed by atoms with Gasteiger partial charge >= 0.3 is 0 Å². The maximum absolute atomic E-state index is 11.8. The fraction of sp³-hybridized carbons (Fsp3) is 0.125. The van der Waals surface area contributed by atoms with Gasteiger partial charge in [-0.15, -0.1) is 0 Å². The zero-order chi connectivity index (χ0) is 17.4. The summed E-state index contributed by atoms with van der Waals surface area (Å²) in [6.45, 7) is 0.392. The summed E-state index contributed by atoms with van der Waals surface area (Å²) in [4.78, 5) is 22.0. The van der Waals surface area contributed by atoms with Crippen LogP contribution in [0.5, 0.6) is 5.75 Å². The van der Waals surface area contributed by atoms with Crippen LogP contribution in [-0.4, -0.2) is 27.1 Å². The van der Waals surface area contributed by atoms with Crippen LogP contribution >= 0.6 is 11.6 Å². The van der Waals surface area contributed by atoms with Gasteiger partial charge in [-0.2, -0.15) is 10.2 Å². The van der Waals surface area contributed by atoms with Gasteiger partial charge in [-0.25, -0.2) is 9.78 Å². The normalized spacial score (nSPS) is 9.75. The molecule has 24 heavy (non-hydrogen) atoms. The predicted octanol–water partition coefficient (Wildman–Crippen LogP) is 1.72. The molecule has 0 radical (unpaired) electrons. The number of hydrogen-bond acceptors (Lipinski definition) is 5. The first-order chi connectivity index (χ1) is 11.6. The molecule has 7 nitrogen and oxygen atoms in total. The molecule has 3 aromatic rings. The van der Waals surface area contributed by atoms with Crippen molar-refractivity contribution in [1.29, 1.82) is 0 Å². The van der Waals surface area contributed by atoms with E-state index in [1.807, 2.05) is 30.3 Å². The molecule has 0 unspecified atom stereocenters. The van der Waals surface area contributed by atoms with Crippen molar-refractivity contribution in [1.82, 2.24) is 20.0 Å². The first-order valence-electron chi connectivity index (χ1n) is 6.95. The third-order valence-corrected chi connectivity index (χ3v) is 3.28. The highest BCUT2D eigenvalue weighted by molar-refractivity contribution is 6.31. The molecule has 2 aromatic heterocycles. The summed E-state index contributed by atoms with van der Waals surface area (Å²) in [6, 6.07) is 12.6. The highest BCUT2D eigenvalue weighted by atomic mass is 35.5. The van der Waals surface area contributed by atoms with Crippen molar-refractivity contribution in [3.63, 3.8) is 0 Å². The molecule has 0 aliphatic rings. The minimum absolute atomic E-state index is 0.0541. The van der Waals surface area contributed by atoms with E-state index >= 15 is 0 Å². The fourth-order valence-electron chi connectivity index (χ4n) is 1.77. The molecular weight excluding hydrogens is 332 g/mol. The standard InChI is InChI=1S/C12H11ClN2O2.C4H4N2O/c1-17-10-7-14-15(12(16)11(10)13)8-9-5-3-2-4-6-9;7-4-2-1-3-5-6-4/h2-7H,8H2,1H3;1-3H,(H,6,7). The van der Waals surface area contributed by atoms with Crippen LogP contribution in [0.25, 0.3) is 0 Å². The van der Waals surface area contributed by atoms with E-state index in [0.29, 0.717) is 12.3 Å². The smallest absolute Gasteiger partial charge is 0.289 e. The summed E-state index contributed by atoms with van der Waals surface area (Å²) >= 11 is 5.87. The van der Waals surface area contributed by atoms with Gasteiger partial charge in [0.05, 0.1) is 19.9 Å². The predicted molar refractivity (Wildman–Crippen MR) is 90.5 cm³/mol. The Balaban J connectivity index is 0.000000249. The number of H-pyrrole nitrogens is 1. The lowest BCUT2D eigenvalue weighted by atomic mass is 10.2. The van der Waals surface area contributed by atoms with Crippen molar-refractivity contribution in [3.05, 3.63) is 86.2 Å². The number of methoxy groups -OCH3 is 1. The van der Waals surface area contributed by atoms with Crippen LogP contribution < -0.4 is 15.9 Å². The maximum atomic E-state index is 11.8. The van der Waals surface area contributed by atoms with Gasteiger partial charge in [0.2, 0.25) is 0 Å². The quantitative estimate of drug-likeness (QED) is 0.780. The number of halogens is 1.